The van der Waals surface area contributed by atoms with Gasteiger partial charge in [-0.15, -0.1) is 0 Å². The maximum absolute atomic E-state index is 11.9. The molecule has 0 spiro atoms. The van der Waals surface area contributed by atoms with Crippen LogP contribution in [0.15, 0.2) is 24.3 Å². The fourth-order valence-electron chi connectivity index (χ4n) is 1.66. The van der Waals surface area contributed by atoms with Gasteiger partial charge in [0, 0.05) is 14.2 Å². The van der Waals surface area contributed by atoms with Crippen molar-refractivity contribution in [1.82, 2.24) is 0 Å². The van der Waals surface area contributed by atoms with E-state index in [9.17, 15) is 9.36 Å². The first-order chi connectivity index (χ1) is 9.94. The molecule has 21 heavy (non-hydrogen) atoms. The van der Waals surface area contributed by atoms with Crippen LogP contribution in [-0.4, -0.2) is 32.5 Å². The molecular weight excluding hydrogens is 291 g/mol. The molecule has 0 aliphatic carbocycles. The van der Waals surface area contributed by atoms with E-state index < -0.39 is 7.60 Å². The number of benzene rings is 1. The van der Waals surface area contributed by atoms with E-state index in [0.717, 1.165) is 12.0 Å². The minimum Gasteiger partial charge on any atom is -0.459 e. The van der Waals surface area contributed by atoms with Gasteiger partial charge in [-0.05, 0) is 37.5 Å². The molecule has 1 atom stereocenters. The highest BCUT2D eigenvalue weighted by Crippen LogP contribution is 2.46. The lowest BCUT2D eigenvalue weighted by Crippen LogP contribution is -2.13. The summed E-state index contributed by atoms with van der Waals surface area (Å²) in [4.78, 5) is 11.8. The molecule has 0 aliphatic heterocycles. The Balaban J connectivity index is 2.62. The summed E-state index contributed by atoms with van der Waals surface area (Å²) in [6.07, 6.45) is 1.55. The molecule has 0 aliphatic rings. The lowest BCUT2D eigenvalue weighted by Gasteiger charge is -2.13. The molecule has 5 nitrogen and oxygen atoms in total. The van der Waals surface area contributed by atoms with Gasteiger partial charge in [-0.25, -0.2) is 4.79 Å². The fraction of sp³-hybridized carbons (Fsp3) is 0.533. The number of rotatable bonds is 8. The number of aryl methyl sites for hydroxylation is 1. The van der Waals surface area contributed by atoms with Gasteiger partial charge in [0.25, 0.3) is 0 Å². The molecule has 0 saturated carbocycles. The highest BCUT2D eigenvalue weighted by Gasteiger charge is 2.20. The minimum absolute atomic E-state index is 0.0912. The average Bonchev–Trinajstić information content (AvgIpc) is 2.52. The quantitative estimate of drug-likeness (QED) is 0.541. The van der Waals surface area contributed by atoms with Crippen LogP contribution in [0.4, 0.5) is 0 Å². The molecule has 0 N–H and O–H groups in total. The summed E-state index contributed by atoms with van der Waals surface area (Å²) < 4.78 is 27.0. The zero-order valence-corrected chi connectivity index (χ0v) is 13.9. The van der Waals surface area contributed by atoms with Gasteiger partial charge >= 0.3 is 13.6 Å². The monoisotopic (exact) mass is 314 g/mol. The SMILES string of the molecule is CCC(C)OC(=O)c1ccc(CCP(=O)(OC)OC)cc1. The van der Waals surface area contributed by atoms with Crippen molar-refractivity contribution in [1.29, 1.82) is 0 Å². The summed E-state index contributed by atoms with van der Waals surface area (Å²) in [7, 11) is -0.246. The molecule has 1 aromatic carbocycles. The summed E-state index contributed by atoms with van der Waals surface area (Å²) in [5.74, 6) is -0.324. The Bertz CT molecular complexity index is 489. The maximum Gasteiger partial charge on any atom is 0.338 e. The maximum atomic E-state index is 11.9. The summed E-state index contributed by atoms with van der Waals surface area (Å²) in [6, 6.07) is 7.07. The van der Waals surface area contributed by atoms with Crippen molar-refractivity contribution in [2.24, 2.45) is 0 Å². The zero-order valence-electron chi connectivity index (χ0n) is 13.0. The van der Waals surface area contributed by atoms with Crippen LogP contribution in [0.3, 0.4) is 0 Å². The first-order valence-electron chi connectivity index (χ1n) is 6.94. The Morgan fingerprint density at radius 2 is 1.76 bits per heavy atom. The molecule has 0 radical (unpaired) electrons. The number of hydrogen-bond acceptors (Lipinski definition) is 5. The smallest absolute Gasteiger partial charge is 0.338 e. The van der Waals surface area contributed by atoms with Crippen molar-refractivity contribution in [3.63, 3.8) is 0 Å². The third-order valence-electron chi connectivity index (χ3n) is 3.30. The Labute approximate surface area is 126 Å². The standard InChI is InChI=1S/C15H23O5P/c1-5-12(2)20-15(16)14-8-6-13(7-9-14)10-11-21(17,18-3)19-4/h6-9,12H,5,10-11H2,1-4H3. The summed E-state index contributed by atoms with van der Waals surface area (Å²) in [5, 5.41) is 0. The average molecular weight is 314 g/mol. The number of hydrogen-bond donors (Lipinski definition) is 0. The largest absolute Gasteiger partial charge is 0.459 e. The number of carbonyl (C=O) groups excluding carboxylic acids is 1. The van der Waals surface area contributed by atoms with E-state index in [4.69, 9.17) is 13.8 Å². The molecule has 118 valence electrons. The molecule has 0 aromatic heterocycles. The van der Waals surface area contributed by atoms with E-state index >= 15 is 0 Å². The molecule has 1 unspecified atom stereocenters. The van der Waals surface area contributed by atoms with Crippen molar-refractivity contribution >= 4 is 13.6 Å². The van der Waals surface area contributed by atoms with Crippen molar-refractivity contribution in [3.8, 4) is 0 Å². The number of esters is 1. The third kappa shape index (κ3) is 5.62. The zero-order chi connectivity index (χ0) is 15.9. The Kier molecular flexibility index (Phi) is 7.09. The van der Waals surface area contributed by atoms with Crippen LogP contribution >= 0.6 is 7.60 Å². The Morgan fingerprint density at radius 3 is 2.24 bits per heavy atom. The van der Waals surface area contributed by atoms with Crippen LogP contribution in [0.2, 0.25) is 0 Å². The molecule has 1 rings (SSSR count). The second-order valence-electron chi connectivity index (χ2n) is 4.77. The second-order valence-corrected chi connectivity index (χ2v) is 7.17. The van der Waals surface area contributed by atoms with Crippen LogP contribution in [0.25, 0.3) is 0 Å². The van der Waals surface area contributed by atoms with E-state index in [2.05, 4.69) is 0 Å². The van der Waals surface area contributed by atoms with E-state index in [0.29, 0.717) is 18.1 Å². The van der Waals surface area contributed by atoms with Crippen LogP contribution in [-0.2, 0) is 24.8 Å². The molecule has 0 amide bonds. The van der Waals surface area contributed by atoms with Gasteiger partial charge in [-0.2, -0.15) is 0 Å². The highest BCUT2D eigenvalue weighted by molar-refractivity contribution is 7.53. The lowest BCUT2D eigenvalue weighted by molar-refractivity contribution is 0.0334. The van der Waals surface area contributed by atoms with Gasteiger partial charge < -0.3 is 13.8 Å². The van der Waals surface area contributed by atoms with E-state index in [-0.39, 0.29) is 12.1 Å². The lowest BCUT2D eigenvalue weighted by atomic mass is 10.1. The number of carbonyl (C=O) groups is 1. The molecular formula is C15H23O5P. The van der Waals surface area contributed by atoms with E-state index in [1.54, 1.807) is 12.1 Å². The molecule has 6 heteroatoms. The van der Waals surface area contributed by atoms with Gasteiger partial charge in [-0.1, -0.05) is 19.1 Å². The first-order valence-corrected chi connectivity index (χ1v) is 8.67. The predicted octanol–water partition coefficient (Wildman–Crippen LogP) is 3.67. The summed E-state index contributed by atoms with van der Waals surface area (Å²) >= 11 is 0. The van der Waals surface area contributed by atoms with E-state index in [1.807, 2.05) is 26.0 Å². The fourth-order valence-corrected chi connectivity index (χ4v) is 2.71. The van der Waals surface area contributed by atoms with Crippen LogP contribution in [0.1, 0.15) is 36.2 Å². The van der Waals surface area contributed by atoms with Crippen LogP contribution in [0, 0.1) is 0 Å². The van der Waals surface area contributed by atoms with Crippen molar-refractivity contribution in [2.75, 3.05) is 20.4 Å². The Morgan fingerprint density at radius 1 is 1.19 bits per heavy atom. The summed E-state index contributed by atoms with van der Waals surface area (Å²) in [5.41, 5.74) is 1.48. The van der Waals surface area contributed by atoms with Gasteiger partial charge in [0.1, 0.15) is 0 Å². The van der Waals surface area contributed by atoms with Gasteiger partial charge in [-0.3, -0.25) is 4.57 Å². The first kappa shape index (κ1) is 17.9. The topological polar surface area (TPSA) is 61.8 Å². The van der Waals surface area contributed by atoms with Crippen LogP contribution < -0.4 is 0 Å². The van der Waals surface area contributed by atoms with E-state index in [1.165, 1.54) is 14.2 Å². The molecule has 0 fully saturated rings. The molecule has 0 heterocycles. The molecule has 0 saturated heterocycles. The Hall–Kier alpha value is -1.16. The van der Waals surface area contributed by atoms with Gasteiger partial charge in [0.15, 0.2) is 0 Å². The normalized spacial score (nSPS) is 13.0. The molecule has 1 aromatic rings. The predicted molar refractivity (Wildman–Crippen MR) is 81.8 cm³/mol. The summed E-state index contributed by atoms with van der Waals surface area (Å²) in [6.45, 7) is 3.82. The third-order valence-corrected chi connectivity index (χ3v) is 5.19. The van der Waals surface area contributed by atoms with Crippen molar-refractivity contribution in [2.45, 2.75) is 32.8 Å². The molecule has 0 bridgehead atoms. The number of ether oxygens (including phenoxy) is 1. The van der Waals surface area contributed by atoms with Crippen molar-refractivity contribution < 1.29 is 23.1 Å². The van der Waals surface area contributed by atoms with Gasteiger partial charge in [0.05, 0.1) is 17.8 Å². The second kappa shape index (κ2) is 8.32. The van der Waals surface area contributed by atoms with Gasteiger partial charge in [0.2, 0.25) is 0 Å². The minimum atomic E-state index is -2.99. The highest BCUT2D eigenvalue weighted by atomic mass is 31.2. The van der Waals surface area contributed by atoms with Crippen molar-refractivity contribution in [3.05, 3.63) is 35.4 Å². The van der Waals surface area contributed by atoms with Crippen LogP contribution in [0.5, 0.6) is 0 Å².